The summed E-state index contributed by atoms with van der Waals surface area (Å²) in [6.45, 7) is 2.66. The summed E-state index contributed by atoms with van der Waals surface area (Å²) < 4.78 is 0. The molecule has 7 nitrogen and oxygen atoms in total. The summed E-state index contributed by atoms with van der Waals surface area (Å²) in [6.07, 6.45) is 7.25. The number of H-pyrrole nitrogens is 1. The summed E-state index contributed by atoms with van der Waals surface area (Å²) in [6, 6.07) is 1.68. The molecule has 2 aromatic rings. The molecule has 0 radical (unpaired) electrons. The van der Waals surface area contributed by atoms with E-state index < -0.39 is 0 Å². The van der Waals surface area contributed by atoms with E-state index in [2.05, 4.69) is 15.3 Å². The number of pyridine rings is 1. The van der Waals surface area contributed by atoms with E-state index in [1.54, 1.807) is 17.2 Å². The van der Waals surface area contributed by atoms with Crippen LogP contribution in [-0.2, 0) is 17.6 Å². The molecule has 8 heteroatoms. The smallest absolute Gasteiger partial charge is 0.261 e. The topological polar surface area (TPSA) is 95.2 Å². The summed E-state index contributed by atoms with van der Waals surface area (Å²) in [5.74, 6) is -0.0522. The third-order valence-corrected chi connectivity index (χ3v) is 6.80. The molecule has 4 rings (SSSR count). The fourth-order valence-corrected chi connectivity index (χ4v) is 5.21. The molecule has 2 aromatic heterocycles. The van der Waals surface area contributed by atoms with Crippen LogP contribution >= 0.6 is 11.3 Å². The van der Waals surface area contributed by atoms with Crippen LogP contribution in [0, 0.1) is 5.92 Å². The van der Waals surface area contributed by atoms with Crippen LogP contribution < -0.4 is 10.9 Å². The number of carbonyl (C=O) groups is 2. The van der Waals surface area contributed by atoms with Crippen molar-refractivity contribution in [2.45, 2.75) is 51.5 Å². The van der Waals surface area contributed by atoms with Crippen molar-refractivity contribution in [1.82, 2.24) is 20.2 Å². The van der Waals surface area contributed by atoms with Crippen LogP contribution in [0.15, 0.2) is 22.4 Å². The SMILES string of the molecule is CC(=O)N[C@@H](c1nccs1)C1CCN(C(=O)c2cc3c([nH]c2=O)CCCC3)CC1. The number of hydrogen-bond donors (Lipinski definition) is 2. The number of rotatable bonds is 4. The number of nitrogens with one attached hydrogen (secondary N) is 2. The number of aryl methyl sites for hydroxylation is 2. The lowest BCUT2D eigenvalue weighted by Gasteiger charge is -2.35. The first-order valence-electron chi connectivity index (χ1n) is 10.2. The molecular weight excluding hydrogens is 388 g/mol. The first-order valence-corrected chi connectivity index (χ1v) is 11.1. The van der Waals surface area contributed by atoms with E-state index in [1.165, 1.54) is 18.3 Å². The number of thiazole rings is 1. The average Bonchev–Trinajstić information content (AvgIpc) is 3.25. The molecule has 0 spiro atoms. The fraction of sp³-hybridized carbons (Fsp3) is 0.524. The van der Waals surface area contributed by atoms with Gasteiger partial charge in [0.15, 0.2) is 0 Å². The molecule has 0 bridgehead atoms. The lowest BCUT2D eigenvalue weighted by atomic mass is 9.89. The van der Waals surface area contributed by atoms with Crippen LogP contribution in [0.25, 0.3) is 0 Å². The molecule has 154 valence electrons. The fourth-order valence-electron chi connectivity index (χ4n) is 4.43. The summed E-state index contributed by atoms with van der Waals surface area (Å²) in [5, 5.41) is 5.83. The third-order valence-electron chi connectivity index (χ3n) is 5.94. The molecule has 2 amide bonds. The number of likely N-dealkylation sites (tertiary alicyclic amines) is 1. The van der Waals surface area contributed by atoms with Gasteiger partial charge < -0.3 is 15.2 Å². The van der Waals surface area contributed by atoms with Gasteiger partial charge in [-0.05, 0) is 56.1 Å². The first kappa shape index (κ1) is 19.8. The van der Waals surface area contributed by atoms with Crippen molar-refractivity contribution in [3.63, 3.8) is 0 Å². The number of amides is 2. The number of nitrogens with zero attached hydrogens (tertiary/aromatic N) is 2. The zero-order valence-electron chi connectivity index (χ0n) is 16.6. The molecule has 1 aliphatic carbocycles. The second-order valence-corrected chi connectivity index (χ2v) is 8.83. The predicted molar refractivity (Wildman–Crippen MR) is 111 cm³/mol. The monoisotopic (exact) mass is 414 g/mol. The van der Waals surface area contributed by atoms with Gasteiger partial charge >= 0.3 is 0 Å². The molecule has 3 heterocycles. The number of piperidine rings is 1. The molecule has 0 aromatic carbocycles. The predicted octanol–water partition coefficient (Wildman–Crippen LogP) is 2.44. The second-order valence-electron chi connectivity index (χ2n) is 7.90. The molecular formula is C21H26N4O3S. The van der Waals surface area contributed by atoms with Crippen molar-refractivity contribution in [1.29, 1.82) is 0 Å². The van der Waals surface area contributed by atoms with Crippen LogP contribution in [0.4, 0.5) is 0 Å². The van der Waals surface area contributed by atoms with Gasteiger partial charge in [-0.1, -0.05) is 0 Å². The maximum Gasteiger partial charge on any atom is 0.261 e. The van der Waals surface area contributed by atoms with Gasteiger partial charge in [-0.3, -0.25) is 14.4 Å². The van der Waals surface area contributed by atoms with Gasteiger partial charge in [-0.25, -0.2) is 4.98 Å². The number of fused-ring (bicyclic) bond motifs is 1. The van der Waals surface area contributed by atoms with E-state index in [1.807, 2.05) is 5.38 Å². The van der Waals surface area contributed by atoms with Gasteiger partial charge in [0.25, 0.3) is 11.5 Å². The highest BCUT2D eigenvalue weighted by Gasteiger charge is 2.32. The van der Waals surface area contributed by atoms with Crippen LogP contribution in [0.2, 0.25) is 0 Å². The van der Waals surface area contributed by atoms with Gasteiger partial charge in [0.1, 0.15) is 10.6 Å². The Bertz CT molecular complexity index is 945. The Kier molecular flexibility index (Phi) is 5.80. The Labute approximate surface area is 173 Å². The van der Waals surface area contributed by atoms with Gasteiger partial charge in [0, 0.05) is 37.3 Å². The summed E-state index contributed by atoms with van der Waals surface area (Å²) >= 11 is 1.53. The Morgan fingerprint density at radius 2 is 2.03 bits per heavy atom. The zero-order valence-corrected chi connectivity index (χ0v) is 17.4. The number of hydrogen-bond acceptors (Lipinski definition) is 5. The zero-order chi connectivity index (χ0) is 20.4. The minimum absolute atomic E-state index is 0.0794. The van der Waals surface area contributed by atoms with Crippen molar-refractivity contribution in [2.24, 2.45) is 5.92 Å². The standard InChI is InChI=1S/C21H26N4O3S/c1-13(26)23-18(20-22-8-11-29-20)14-6-9-25(10-7-14)21(28)16-12-15-4-2-3-5-17(15)24-19(16)27/h8,11-12,14,18H,2-7,9-10H2,1H3,(H,23,26)(H,24,27)/t18-/m1/s1. The molecule has 2 aliphatic rings. The molecule has 29 heavy (non-hydrogen) atoms. The quantitative estimate of drug-likeness (QED) is 0.803. The summed E-state index contributed by atoms with van der Waals surface area (Å²) in [7, 11) is 0. The van der Waals surface area contributed by atoms with Crippen LogP contribution in [0.5, 0.6) is 0 Å². The minimum Gasteiger partial charge on any atom is -0.347 e. The molecule has 1 fully saturated rings. The highest BCUT2D eigenvalue weighted by molar-refractivity contribution is 7.09. The molecule has 2 N–H and O–H groups in total. The van der Waals surface area contributed by atoms with Crippen molar-refractivity contribution in [3.8, 4) is 0 Å². The van der Waals surface area contributed by atoms with E-state index in [-0.39, 0.29) is 34.9 Å². The largest absolute Gasteiger partial charge is 0.347 e. The molecule has 1 saturated heterocycles. The second kappa shape index (κ2) is 8.49. The molecule has 1 atom stereocenters. The van der Waals surface area contributed by atoms with Crippen LogP contribution in [0.1, 0.15) is 65.3 Å². The summed E-state index contributed by atoms with van der Waals surface area (Å²) in [4.78, 5) is 46.2. The van der Waals surface area contributed by atoms with Gasteiger partial charge in [0.2, 0.25) is 5.91 Å². The van der Waals surface area contributed by atoms with Crippen molar-refractivity contribution in [3.05, 3.63) is 49.8 Å². The van der Waals surface area contributed by atoms with E-state index in [4.69, 9.17) is 0 Å². The molecule has 0 saturated carbocycles. The van der Waals surface area contributed by atoms with Gasteiger partial charge in [-0.2, -0.15) is 0 Å². The lowest BCUT2D eigenvalue weighted by molar-refractivity contribution is -0.120. The first-order chi connectivity index (χ1) is 14.0. The van der Waals surface area contributed by atoms with Crippen molar-refractivity contribution < 1.29 is 9.59 Å². The average molecular weight is 415 g/mol. The van der Waals surface area contributed by atoms with Crippen LogP contribution in [0.3, 0.4) is 0 Å². The minimum atomic E-state index is -0.281. The van der Waals surface area contributed by atoms with E-state index in [0.717, 1.165) is 54.8 Å². The Morgan fingerprint density at radius 1 is 1.28 bits per heavy atom. The van der Waals surface area contributed by atoms with E-state index >= 15 is 0 Å². The van der Waals surface area contributed by atoms with Gasteiger partial charge in [0.05, 0.1) is 6.04 Å². The molecule has 1 aliphatic heterocycles. The number of aromatic amines is 1. The normalized spacial score (nSPS) is 18.2. The number of carbonyl (C=O) groups excluding carboxylic acids is 2. The Hall–Kier alpha value is -2.48. The van der Waals surface area contributed by atoms with Crippen molar-refractivity contribution >= 4 is 23.2 Å². The van der Waals surface area contributed by atoms with Crippen molar-refractivity contribution in [2.75, 3.05) is 13.1 Å². The van der Waals surface area contributed by atoms with E-state index in [9.17, 15) is 14.4 Å². The summed E-state index contributed by atoms with van der Waals surface area (Å²) in [5.41, 5.74) is 2.06. The maximum atomic E-state index is 13.0. The highest BCUT2D eigenvalue weighted by atomic mass is 32.1. The highest BCUT2D eigenvalue weighted by Crippen LogP contribution is 2.32. The molecule has 0 unspecified atom stereocenters. The van der Waals surface area contributed by atoms with E-state index in [0.29, 0.717) is 13.1 Å². The maximum absolute atomic E-state index is 13.0. The number of aromatic nitrogens is 2. The Morgan fingerprint density at radius 3 is 2.72 bits per heavy atom. The Balaban J connectivity index is 1.46. The lowest BCUT2D eigenvalue weighted by Crippen LogP contribution is -2.44. The third kappa shape index (κ3) is 4.27. The van der Waals surface area contributed by atoms with Gasteiger partial charge in [-0.15, -0.1) is 11.3 Å². The van der Waals surface area contributed by atoms with Crippen LogP contribution in [-0.4, -0.2) is 39.8 Å².